The number of ether oxygens (including phenoxy) is 1. The molecule has 1 aromatic rings. The lowest BCUT2D eigenvalue weighted by molar-refractivity contribution is 0.0296. The normalized spacial score (nSPS) is 15.0. The Morgan fingerprint density at radius 3 is 2.61 bits per heavy atom. The standard InChI is InChI=1S/C14H27N3O/c1-6-9-17-10-8-16-14(17)12(15-7-2)13(18-5)11(3)4/h8,10-13,15H,6-7,9H2,1-5H3. The first-order valence-electron chi connectivity index (χ1n) is 6.92. The average molecular weight is 253 g/mol. The molecule has 0 aromatic carbocycles. The summed E-state index contributed by atoms with van der Waals surface area (Å²) in [5.41, 5.74) is 0. The molecule has 0 aliphatic rings. The van der Waals surface area contributed by atoms with Gasteiger partial charge in [0.05, 0.1) is 12.1 Å². The number of nitrogens with one attached hydrogen (secondary N) is 1. The van der Waals surface area contributed by atoms with Crippen LogP contribution in [0.15, 0.2) is 12.4 Å². The molecule has 104 valence electrons. The van der Waals surface area contributed by atoms with E-state index in [1.807, 2.05) is 6.20 Å². The lowest BCUT2D eigenvalue weighted by Gasteiger charge is -2.29. The molecule has 0 aliphatic heterocycles. The quantitative estimate of drug-likeness (QED) is 0.774. The number of methoxy groups -OCH3 is 1. The SMILES string of the molecule is CCCn1ccnc1C(NCC)C(OC)C(C)C. The van der Waals surface area contributed by atoms with Crippen molar-refractivity contribution >= 4 is 0 Å². The molecular weight excluding hydrogens is 226 g/mol. The van der Waals surface area contributed by atoms with Crippen molar-refractivity contribution in [3.63, 3.8) is 0 Å². The van der Waals surface area contributed by atoms with Crippen molar-refractivity contribution in [2.45, 2.75) is 52.8 Å². The minimum absolute atomic E-state index is 0.142. The Morgan fingerprint density at radius 1 is 1.39 bits per heavy atom. The smallest absolute Gasteiger partial charge is 0.128 e. The fraction of sp³-hybridized carbons (Fsp3) is 0.786. The van der Waals surface area contributed by atoms with Crippen molar-refractivity contribution < 1.29 is 4.74 Å². The van der Waals surface area contributed by atoms with Crippen LogP contribution in [0.5, 0.6) is 0 Å². The second kappa shape index (κ2) is 7.54. The van der Waals surface area contributed by atoms with Gasteiger partial charge >= 0.3 is 0 Å². The van der Waals surface area contributed by atoms with Gasteiger partial charge < -0.3 is 14.6 Å². The third-order valence-corrected chi connectivity index (χ3v) is 3.17. The monoisotopic (exact) mass is 253 g/mol. The average Bonchev–Trinajstić information content (AvgIpc) is 2.77. The van der Waals surface area contributed by atoms with E-state index in [4.69, 9.17) is 4.74 Å². The van der Waals surface area contributed by atoms with Crippen molar-refractivity contribution in [2.24, 2.45) is 5.92 Å². The van der Waals surface area contributed by atoms with E-state index >= 15 is 0 Å². The molecule has 0 bridgehead atoms. The Kier molecular flexibility index (Phi) is 6.36. The van der Waals surface area contributed by atoms with Crippen LogP contribution in [0.4, 0.5) is 0 Å². The predicted octanol–water partition coefficient (Wildman–Crippen LogP) is 2.61. The summed E-state index contributed by atoms with van der Waals surface area (Å²) in [4.78, 5) is 4.53. The molecule has 0 amide bonds. The Bertz CT molecular complexity index is 336. The zero-order valence-corrected chi connectivity index (χ0v) is 12.3. The van der Waals surface area contributed by atoms with Gasteiger partial charge in [0.1, 0.15) is 5.82 Å². The van der Waals surface area contributed by atoms with Gasteiger partial charge in [-0.25, -0.2) is 4.98 Å². The van der Waals surface area contributed by atoms with E-state index in [1.165, 1.54) is 0 Å². The number of aryl methyl sites for hydroxylation is 1. The Morgan fingerprint density at radius 2 is 2.11 bits per heavy atom. The molecule has 0 fully saturated rings. The van der Waals surface area contributed by atoms with Crippen molar-refractivity contribution in [2.75, 3.05) is 13.7 Å². The van der Waals surface area contributed by atoms with E-state index in [-0.39, 0.29) is 12.1 Å². The summed E-state index contributed by atoms with van der Waals surface area (Å²) in [7, 11) is 1.78. The Balaban J connectivity index is 2.98. The zero-order valence-electron chi connectivity index (χ0n) is 12.3. The highest BCUT2D eigenvalue weighted by Crippen LogP contribution is 2.23. The van der Waals surface area contributed by atoms with Crippen molar-refractivity contribution in [3.8, 4) is 0 Å². The Labute approximate surface area is 111 Å². The second-order valence-corrected chi connectivity index (χ2v) is 4.96. The van der Waals surface area contributed by atoms with Gasteiger partial charge in [-0.2, -0.15) is 0 Å². The number of aromatic nitrogens is 2. The lowest BCUT2D eigenvalue weighted by Crippen LogP contribution is -2.38. The highest BCUT2D eigenvalue weighted by atomic mass is 16.5. The highest BCUT2D eigenvalue weighted by molar-refractivity contribution is 5.03. The van der Waals surface area contributed by atoms with Gasteiger partial charge in [0.2, 0.25) is 0 Å². The molecule has 0 spiro atoms. The lowest BCUT2D eigenvalue weighted by atomic mass is 9.98. The van der Waals surface area contributed by atoms with Crippen molar-refractivity contribution in [1.82, 2.24) is 14.9 Å². The van der Waals surface area contributed by atoms with Crippen LogP contribution in [0.1, 0.15) is 46.0 Å². The number of hydrogen-bond donors (Lipinski definition) is 1. The number of hydrogen-bond acceptors (Lipinski definition) is 3. The van der Waals surface area contributed by atoms with E-state index in [1.54, 1.807) is 7.11 Å². The van der Waals surface area contributed by atoms with E-state index in [0.717, 1.165) is 25.3 Å². The number of nitrogens with zero attached hydrogens (tertiary/aromatic N) is 2. The van der Waals surface area contributed by atoms with Crippen LogP contribution in [-0.2, 0) is 11.3 Å². The number of likely N-dealkylation sites (N-methyl/N-ethyl adjacent to an activating group) is 1. The van der Waals surface area contributed by atoms with Gasteiger partial charge in [-0.05, 0) is 18.9 Å². The van der Waals surface area contributed by atoms with Gasteiger partial charge in [0.25, 0.3) is 0 Å². The Hall–Kier alpha value is -0.870. The molecule has 2 unspecified atom stereocenters. The van der Waals surface area contributed by atoms with Gasteiger partial charge in [0, 0.05) is 26.0 Å². The molecule has 1 rings (SSSR count). The maximum absolute atomic E-state index is 5.67. The molecule has 0 saturated heterocycles. The van der Waals surface area contributed by atoms with Gasteiger partial charge in [0.15, 0.2) is 0 Å². The number of imidazole rings is 1. The molecule has 18 heavy (non-hydrogen) atoms. The minimum Gasteiger partial charge on any atom is -0.379 e. The van der Waals surface area contributed by atoms with Crippen LogP contribution >= 0.6 is 0 Å². The number of rotatable bonds is 8. The molecule has 1 aromatic heterocycles. The van der Waals surface area contributed by atoms with Gasteiger partial charge in [-0.15, -0.1) is 0 Å². The molecule has 2 atom stereocenters. The summed E-state index contributed by atoms with van der Waals surface area (Å²) in [5.74, 6) is 1.53. The molecule has 0 aliphatic carbocycles. The molecular formula is C14H27N3O. The van der Waals surface area contributed by atoms with Crippen LogP contribution in [0, 0.1) is 5.92 Å². The molecule has 0 saturated carbocycles. The predicted molar refractivity (Wildman–Crippen MR) is 74.6 cm³/mol. The first-order chi connectivity index (χ1) is 8.65. The molecule has 1 heterocycles. The summed E-state index contributed by atoms with van der Waals surface area (Å²) in [6.07, 6.45) is 5.18. The van der Waals surface area contributed by atoms with E-state index in [9.17, 15) is 0 Å². The fourth-order valence-corrected chi connectivity index (χ4v) is 2.40. The van der Waals surface area contributed by atoms with E-state index in [0.29, 0.717) is 5.92 Å². The zero-order chi connectivity index (χ0) is 13.5. The third-order valence-electron chi connectivity index (χ3n) is 3.17. The van der Waals surface area contributed by atoms with Crippen LogP contribution in [-0.4, -0.2) is 29.3 Å². The molecule has 0 radical (unpaired) electrons. The van der Waals surface area contributed by atoms with Crippen molar-refractivity contribution in [1.29, 1.82) is 0 Å². The van der Waals surface area contributed by atoms with Crippen LogP contribution in [0.2, 0.25) is 0 Å². The van der Waals surface area contributed by atoms with Gasteiger partial charge in [-0.3, -0.25) is 0 Å². The summed E-state index contributed by atoms with van der Waals surface area (Å²) in [6, 6.07) is 0.154. The fourth-order valence-electron chi connectivity index (χ4n) is 2.40. The topological polar surface area (TPSA) is 39.1 Å². The highest BCUT2D eigenvalue weighted by Gasteiger charge is 2.28. The van der Waals surface area contributed by atoms with Gasteiger partial charge in [-0.1, -0.05) is 27.7 Å². The summed E-state index contributed by atoms with van der Waals surface area (Å²) in [6.45, 7) is 10.6. The summed E-state index contributed by atoms with van der Waals surface area (Å²) >= 11 is 0. The largest absolute Gasteiger partial charge is 0.379 e. The third kappa shape index (κ3) is 3.56. The van der Waals surface area contributed by atoms with E-state index in [2.05, 4.69) is 48.8 Å². The first-order valence-corrected chi connectivity index (χ1v) is 6.92. The van der Waals surface area contributed by atoms with E-state index < -0.39 is 0 Å². The minimum atomic E-state index is 0.142. The molecule has 1 N–H and O–H groups in total. The summed E-state index contributed by atoms with van der Waals surface area (Å²) in [5, 5.41) is 3.51. The second-order valence-electron chi connectivity index (χ2n) is 4.96. The van der Waals surface area contributed by atoms with Crippen LogP contribution in [0.3, 0.4) is 0 Å². The van der Waals surface area contributed by atoms with Crippen molar-refractivity contribution in [3.05, 3.63) is 18.2 Å². The maximum Gasteiger partial charge on any atom is 0.128 e. The van der Waals surface area contributed by atoms with Crippen LogP contribution in [0.25, 0.3) is 0 Å². The first kappa shape index (κ1) is 15.2. The summed E-state index contributed by atoms with van der Waals surface area (Å²) < 4.78 is 7.89. The van der Waals surface area contributed by atoms with Crippen LogP contribution < -0.4 is 5.32 Å². The molecule has 4 nitrogen and oxygen atoms in total. The molecule has 4 heteroatoms. The maximum atomic E-state index is 5.67.